The van der Waals surface area contributed by atoms with E-state index in [9.17, 15) is 20.0 Å². The number of hydrogen-bond acceptors (Lipinski definition) is 5. The van der Waals surface area contributed by atoms with Crippen molar-refractivity contribution < 1.29 is 14.8 Å². The van der Waals surface area contributed by atoms with Crippen molar-refractivity contribution in [2.75, 3.05) is 23.3 Å². The highest BCUT2D eigenvalue weighted by molar-refractivity contribution is 6.00. The molecule has 1 atom stereocenters. The van der Waals surface area contributed by atoms with Gasteiger partial charge in [-0.2, -0.15) is 0 Å². The van der Waals surface area contributed by atoms with Gasteiger partial charge in [0.1, 0.15) is 5.69 Å². The van der Waals surface area contributed by atoms with E-state index in [0.717, 1.165) is 6.42 Å². The van der Waals surface area contributed by atoms with E-state index in [1.54, 1.807) is 13.0 Å². The summed E-state index contributed by atoms with van der Waals surface area (Å²) >= 11 is 0. The van der Waals surface area contributed by atoms with E-state index in [4.69, 9.17) is 0 Å². The number of carbonyl (C=O) groups is 1. The Balaban J connectivity index is 2.03. The molecule has 0 aromatic heterocycles. The lowest BCUT2D eigenvalue weighted by Gasteiger charge is -2.38. The molecule has 1 fully saturated rings. The number of piperidine rings is 1. The molecule has 1 saturated heterocycles. The van der Waals surface area contributed by atoms with Crippen molar-refractivity contribution in [1.82, 2.24) is 0 Å². The fraction of sp³-hybridized carbons (Fsp3) is 0.500. The van der Waals surface area contributed by atoms with Crippen LogP contribution >= 0.6 is 0 Å². The van der Waals surface area contributed by atoms with Crippen LogP contribution in [0, 0.1) is 10.1 Å². The van der Waals surface area contributed by atoms with Crippen LogP contribution in [0.1, 0.15) is 25.3 Å². The number of nitrogens with one attached hydrogen (secondary N) is 1. The van der Waals surface area contributed by atoms with Crippen LogP contribution in [0.15, 0.2) is 12.1 Å². The fourth-order valence-electron chi connectivity index (χ4n) is 3.08. The average molecular weight is 291 g/mol. The van der Waals surface area contributed by atoms with Crippen molar-refractivity contribution in [3.63, 3.8) is 0 Å². The van der Waals surface area contributed by atoms with E-state index >= 15 is 0 Å². The summed E-state index contributed by atoms with van der Waals surface area (Å²) in [6, 6.07) is 3.12. The van der Waals surface area contributed by atoms with Gasteiger partial charge in [0, 0.05) is 24.8 Å². The number of nitro benzene ring substituents is 1. The number of nitro groups is 1. The van der Waals surface area contributed by atoms with Crippen molar-refractivity contribution >= 4 is 23.0 Å². The number of carbonyl (C=O) groups excluding carboxylic acids is 1. The number of benzene rings is 1. The molecule has 0 bridgehead atoms. The number of β-amino-alcohol motifs (C(OH)–C–C–N with tert-alkyl or cyclic N) is 1. The lowest BCUT2D eigenvalue weighted by molar-refractivity contribution is -0.384. The number of anilines is 2. The van der Waals surface area contributed by atoms with E-state index in [1.807, 2.05) is 4.90 Å². The van der Waals surface area contributed by atoms with Crippen LogP contribution in [-0.4, -0.2) is 34.6 Å². The van der Waals surface area contributed by atoms with Crippen LogP contribution in [-0.2, 0) is 11.2 Å². The second kappa shape index (κ2) is 4.70. The molecule has 0 spiro atoms. The predicted octanol–water partition coefficient (Wildman–Crippen LogP) is 1.44. The molecule has 7 heteroatoms. The molecule has 1 aromatic rings. The molecule has 0 aliphatic carbocycles. The molecule has 1 amide bonds. The van der Waals surface area contributed by atoms with E-state index in [1.165, 1.54) is 6.07 Å². The van der Waals surface area contributed by atoms with Crippen LogP contribution in [0.25, 0.3) is 0 Å². The summed E-state index contributed by atoms with van der Waals surface area (Å²) in [6.07, 6.45) is 1.63. The second-order valence-electron chi connectivity index (χ2n) is 6.00. The van der Waals surface area contributed by atoms with E-state index in [-0.39, 0.29) is 18.0 Å². The zero-order valence-electron chi connectivity index (χ0n) is 11.8. The molecular weight excluding hydrogens is 274 g/mol. The Morgan fingerprint density at radius 1 is 1.48 bits per heavy atom. The Morgan fingerprint density at radius 2 is 2.24 bits per heavy atom. The molecule has 21 heavy (non-hydrogen) atoms. The van der Waals surface area contributed by atoms with Gasteiger partial charge in [0.15, 0.2) is 0 Å². The first-order chi connectivity index (χ1) is 9.85. The summed E-state index contributed by atoms with van der Waals surface area (Å²) in [7, 11) is 0. The summed E-state index contributed by atoms with van der Waals surface area (Å²) in [5, 5.41) is 24.2. The number of rotatable bonds is 2. The van der Waals surface area contributed by atoms with E-state index in [2.05, 4.69) is 5.32 Å². The molecule has 1 aromatic carbocycles. The van der Waals surface area contributed by atoms with Gasteiger partial charge in [-0.1, -0.05) is 0 Å². The summed E-state index contributed by atoms with van der Waals surface area (Å²) in [5.41, 5.74) is 0.878. The molecular formula is C14H17N3O4. The molecule has 112 valence electrons. The number of hydrogen-bond donors (Lipinski definition) is 2. The Kier molecular flexibility index (Phi) is 3.09. The van der Waals surface area contributed by atoms with Gasteiger partial charge in [0.05, 0.1) is 16.9 Å². The second-order valence-corrected chi connectivity index (χ2v) is 6.00. The Hall–Kier alpha value is -2.15. The quantitative estimate of drug-likeness (QED) is 0.635. The van der Waals surface area contributed by atoms with Crippen molar-refractivity contribution in [3.05, 3.63) is 27.8 Å². The van der Waals surface area contributed by atoms with Crippen LogP contribution < -0.4 is 10.2 Å². The van der Waals surface area contributed by atoms with E-state index in [0.29, 0.717) is 36.4 Å². The average Bonchev–Trinajstić information content (AvgIpc) is 2.75. The zero-order chi connectivity index (χ0) is 15.2. The van der Waals surface area contributed by atoms with Gasteiger partial charge < -0.3 is 15.3 Å². The fourth-order valence-corrected chi connectivity index (χ4v) is 3.08. The van der Waals surface area contributed by atoms with Crippen LogP contribution in [0.5, 0.6) is 0 Å². The highest BCUT2D eigenvalue weighted by Gasteiger charge is 2.33. The van der Waals surface area contributed by atoms with Crippen LogP contribution in [0.4, 0.5) is 17.1 Å². The maximum absolute atomic E-state index is 11.4. The van der Waals surface area contributed by atoms with Crippen LogP contribution in [0.2, 0.25) is 0 Å². The number of amides is 1. The van der Waals surface area contributed by atoms with Crippen molar-refractivity contribution in [1.29, 1.82) is 0 Å². The van der Waals surface area contributed by atoms with Gasteiger partial charge >= 0.3 is 0 Å². The summed E-state index contributed by atoms with van der Waals surface area (Å²) in [5.74, 6) is -0.151. The molecule has 3 rings (SSSR count). The number of fused-ring (bicyclic) bond motifs is 1. The Bertz CT molecular complexity index is 627. The smallest absolute Gasteiger partial charge is 0.292 e. The van der Waals surface area contributed by atoms with Gasteiger partial charge in [-0.25, -0.2) is 0 Å². The normalized spacial score (nSPS) is 24.7. The molecule has 2 N–H and O–H groups in total. The minimum Gasteiger partial charge on any atom is -0.388 e. The zero-order valence-corrected chi connectivity index (χ0v) is 11.8. The summed E-state index contributed by atoms with van der Waals surface area (Å²) < 4.78 is 0. The third kappa shape index (κ3) is 2.56. The molecule has 2 aliphatic rings. The Labute approximate surface area is 121 Å². The first-order valence-corrected chi connectivity index (χ1v) is 6.94. The highest BCUT2D eigenvalue weighted by Crippen LogP contribution is 2.38. The Morgan fingerprint density at radius 3 is 2.90 bits per heavy atom. The maximum Gasteiger partial charge on any atom is 0.292 e. The minimum absolute atomic E-state index is 0.0112. The number of nitrogens with zero attached hydrogens (tertiary/aromatic N) is 2. The van der Waals surface area contributed by atoms with Crippen molar-refractivity contribution in [2.45, 2.75) is 31.8 Å². The standard InChI is InChI=1S/C14H17N3O4/c1-14(19)3-2-4-16(8-14)11-7-10-9(6-13(18)15-10)5-12(11)17(20)21/h5,7,19H,2-4,6,8H2,1H3,(H,15,18). The number of aliphatic hydroxyl groups is 1. The van der Waals surface area contributed by atoms with Gasteiger partial charge in [-0.05, 0) is 31.4 Å². The monoisotopic (exact) mass is 291 g/mol. The maximum atomic E-state index is 11.4. The van der Waals surface area contributed by atoms with Gasteiger partial charge in [0.2, 0.25) is 5.91 Å². The first-order valence-electron chi connectivity index (χ1n) is 6.94. The largest absolute Gasteiger partial charge is 0.388 e. The molecule has 7 nitrogen and oxygen atoms in total. The summed E-state index contributed by atoms with van der Waals surface area (Å²) in [4.78, 5) is 24.2. The molecule has 0 radical (unpaired) electrons. The minimum atomic E-state index is -0.853. The first kappa shape index (κ1) is 13.8. The lowest BCUT2D eigenvalue weighted by atomic mass is 9.94. The molecule has 2 aliphatic heterocycles. The highest BCUT2D eigenvalue weighted by atomic mass is 16.6. The summed E-state index contributed by atoms with van der Waals surface area (Å²) in [6.45, 7) is 2.74. The third-order valence-corrected chi connectivity index (χ3v) is 4.04. The third-order valence-electron chi connectivity index (χ3n) is 4.04. The van der Waals surface area contributed by atoms with Gasteiger partial charge in [-0.3, -0.25) is 14.9 Å². The molecule has 1 unspecified atom stereocenters. The SMILES string of the molecule is CC1(O)CCCN(c2cc3c(cc2[N+](=O)[O-])CC(=O)N3)C1. The van der Waals surface area contributed by atoms with E-state index < -0.39 is 10.5 Å². The lowest BCUT2D eigenvalue weighted by Crippen LogP contribution is -2.46. The topological polar surface area (TPSA) is 95.7 Å². The molecule has 2 heterocycles. The predicted molar refractivity (Wildman–Crippen MR) is 77.5 cm³/mol. The van der Waals surface area contributed by atoms with Crippen molar-refractivity contribution in [2.24, 2.45) is 0 Å². The van der Waals surface area contributed by atoms with Crippen molar-refractivity contribution in [3.8, 4) is 0 Å². The van der Waals surface area contributed by atoms with Gasteiger partial charge in [-0.15, -0.1) is 0 Å². The van der Waals surface area contributed by atoms with Crippen LogP contribution in [0.3, 0.4) is 0 Å². The molecule has 0 saturated carbocycles. The van der Waals surface area contributed by atoms with Gasteiger partial charge in [0.25, 0.3) is 5.69 Å².